The molecular weight excluding hydrogens is 807 g/mol. The number of anilines is 2. The van der Waals surface area contributed by atoms with Crippen molar-refractivity contribution in [2.75, 3.05) is 4.81 Å². The maximum atomic E-state index is 7.24. The second-order valence-corrected chi connectivity index (χ2v) is 22.1. The van der Waals surface area contributed by atoms with Gasteiger partial charge in [-0.15, -0.1) is 0 Å². The van der Waals surface area contributed by atoms with Gasteiger partial charge in [0.1, 0.15) is 33.5 Å². The van der Waals surface area contributed by atoms with Crippen LogP contribution in [0.15, 0.2) is 147 Å². The van der Waals surface area contributed by atoms with Gasteiger partial charge in [-0.2, -0.15) is 0 Å². The summed E-state index contributed by atoms with van der Waals surface area (Å²) in [7, 11) is 0. The summed E-state index contributed by atoms with van der Waals surface area (Å²) >= 11 is 0. The zero-order valence-corrected chi connectivity index (χ0v) is 38.9. The van der Waals surface area contributed by atoms with Crippen LogP contribution < -0.4 is 15.7 Å². The number of fused-ring (bicyclic) bond motifs is 19. The molecule has 0 amide bonds. The van der Waals surface area contributed by atoms with E-state index in [2.05, 4.69) is 205 Å². The van der Waals surface area contributed by atoms with Gasteiger partial charge in [0, 0.05) is 72.5 Å². The van der Waals surface area contributed by atoms with Crippen LogP contribution in [0.4, 0.5) is 11.4 Å². The van der Waals surface area contributed by atoms with Gasteiger partial charge in [0.25, 0.3) is 0 Å². The molecule has 0 spiro atoms. The van der Waals surface area contributed by atoms with Crippen LogP contribution in [0.2, 0.25) is 0 Å². The quantitative estimate of drug-likeness (QED) is 0.154. The standard InChI is InChI=1S/C60H49BN2O3/c1-58(2,3)32-18-22-35(23-19-32)63-45-30-50-39(38-26-34(60(7,8)9)21-25-49(38)65-50)28-42(45)52-53-37-15-11-13-17-48(37)66-57(53)54-41-27-33(59(4,5)6)20-24-44(41)62-46-31-51-40(36-14-10-12-16-47(36)64-51)29-43(46)61(63)55(52)56(54)62/h10-31H,1-9H3. The molecule has 0 N–H and O–H groups in total. The molecule has 8 aromatic carbocycles. The highest BCUT2D eigenvalue weighted by Gasteiger charge is 2.47. The van der Waals surface area contributed by atoms with Gasteiger partial charge in [-0.25, -0.2) is 0 Å². The van der Waals surface area contributed by atoms with Crippen LogP contribution in [0.25, 0.3) is 104 Å². The first-order valence-electron chi connectivity index (χ1n) is 23.4. The molecule has 6 heterocycles. The molecule has 2 aliphatic heterocycles. The first-order chi connectivity index (χ1) is 31.6. The van der Waals surface area contributed by atoms with E-state index in [1.165, 1.54) is 49.6 Å². The lowest BCUT2D eigenvalue weighted by molar-refractivity contribution is 0.590. The summed E-state index contributed by atoms with van der Waals surface area (Å²) in [6.45, 7) is 20.4. The minimum atomic E-state index is -0.227. The molecule has 5 nitrogen and oxygen atoms in total. The third kappa shape index (κ3) is 4.97. The van der Waals surface area contributed by atoms with Crippen LogP contribution in [0, 0.1) is 0 Å². The molecular formula is C60H49BN2O3. The summed E-state index contributed by atoms with van der Waals surface area (Å²) < 4.78 is 23.4. The maximum absolute atomic E-state index is 7.24. The Labute approximate surface area is 383 Å². The number of nitrogens with zero attached hydrogens (tertiary/aromatic N) is 2. The molecule has 320 valence electrons. The van der Waals surface area contributed by atoms with Crippen molar-refractivity contribution in [2.45, 2.75) is 78.6 Å². The van der Waals surface area contributed by atoms with Crippen LogP contribution in [-0.2, 0) is 16.2 Å². The Morgan fingerprint density at radius 2 is 1.00 bits per heavy atom. The summed E-state index contributed by atoms with van der Waals surface area (Å²) in [5, 5.41) is 9.10. The predicted molar refractivity (Wildman–Crippen MR) is 278 cm³/mol. The summed E-state index contributed by atoms with van der Waals surface area (Å²) in [6.07, 6.45) is 0. The number of hydrogen-bond donors (Lipinski definition) is 0. The fraction of sp³-hybridized carbons (Fsp3) is 0.200. The zero-order valence-electron chi connectivity index (χ0n) is 38.9. The van der Waals surface area contributed by atoms with E-state index in [0.29, 0.717) is 0 Å². The van der Waals surface area contributed by atoms with Crippen molar-refractivity contribution in [3.63, 3.8) is 0 Å². The predicted octanol–water partition coefficient (Wildman–Crippen LogP) is 15.6. The number of benzene rings is 8. The van der Waals surface area contributed by atoms with Gasteiger partial charge in [-0.3, -0.25) is 0 Å². The summed E-state index contributed by atoms with van der Waals surface area (Å²) in [4.78, 5) is 2.61. The Bertz CT molecular complexity index is 4120. The molecule has 0 fully saturated rings. The second-order valence-electron chi connectivity index (χ2n) is 22.1. The average molecular weight is 857 g/mol. The Hall–Kier alpha value is -7.18. The maximum Gasteiger partial charge on any atom is 0.333 e. The molecule has 4 aromatic heterocycles. The van der Waals surface area contributed by atoms with Crippen molar-refractivity contribution < 1.29 is 13.3 Å². The van der Waals surface area contributed by atoms with Gasteiger partial charge in [0.05, 0.1) is 16.4 Å². The Morgan fingerprint density at radius 1 is 0.439 bits per heavy atom. The SMILES string of the molecule is CC(C)(C)c1ccc(N2B3c4cc5c(cc4-n4c6ccc(C(C)(C)C)cc6c6c7oc8ccccc8c7c(c3c64)-c3cc4c(cc32)oc2ccc(C(C)(C)C)cc24)oc2ccccc25)cc1. The van der Waals surface area contributed by atoms with Gasteiger partial charge in [0.15, 0.2) is 0 Å². The molecule has 0 unspecified atom stereocenters. The van der Waals surface area contributed by atoms with E-state index in [9.17, 15) is 0 Å². The normalized spacial score (nSPS) is 14.1. The lowest BCUT2D eigenvalue weighted by Crippen LogP contribution is -2.60. The van der Waals surface area contributed by atoms with E-state index in [1.807, 2.05) is 0 Å². The average Bonchev–Trinajstić information content (AvgIpc) is 4.04. The Morgan fingerprint density at radius 3 is 1.70 bits per heavy atom. The lowest BCUT2D eigenvalue weighted by Gasteiger charge is -2.42. The zero-order chi connectivity index (χ0) is 44.9. The Kier molecular flexibility index (Phi) is 7.15. The van der Waals surface area contributed by atoms with E-state index in [-0.39, 0.29) is 23.1 Å². The molecule has 0 bridgehead atoms. The molecule has 0 radical (unpaired) electrons. The minimum Gasteiger partial charge on any atom is -0.456 e. The summed E-state index contributed by atoms with van der Waals surface area (Å²) in [6, 6.07) is 49.7. The van der Waals surface area contributed by atoms with E-state index in [0.717, 1.165) is 93.8 Å². The number of hydrogen-bond acceptors (Lipinski definition) is 4. The largest absolute Gasteiger partial charge is 0.456 e. The second kappa shape index (κ2) is 12.4. The number of para-hydroxylation sites is 2. The van der Waals surface area contributed by atoms with Crippen LogP contribution in [0.5, 0.6) is 0 Å². The molecule has 0 atom stereocenters. The molecule has 12 aromatic rings. The summed E-state index contributed by atoms with van der Waals surface area (Å²) in [5.74, 6) is 0. The van der Waals surface area contributed by atoms with E-state index in [4.69, 9.17) is 13.3 Å². The third-order valence-corrected chi connectivity index (χ3v) is 15.0. The molecule has 2 aliphatic rings. The highest BCUT2D eigenvalue weighted by molar-refractivity contribution is 6.94. The highest BCUT2D eigenvalue weighted by atomic mass is 16.3. The fourth-order valence-corrected chi connectivity index (χ4v) is 11.6. The minimum absolute atomic E-state index is 0.00435. The van der Waals surface area contributed by atoms with Crippen LogP contribution in [0.1, 0.15) is 79.0 Å². The summed E-state index contributed by atoms with van der Waals surface area (Å²) in [5.41, 5.74) is 19.7. The van der Waals surface area contributed by atoms with E-state index < -0.39 is 0 Å². The van der Waals surface area contributed by atoms with E-state index >= 15 is 0 Å². The van der Waals surface area contributed by atoms with Crippen LogP contribution in [0.3, 0.4) is 0 Å². The lowest BCUT2D eigenvalue weighted by atomic mass is 9.43. The van der Waals surface area contributed by atoms with Gasteiger partial charge in [-0.05, 0) is 104 Å². The monoisotopic (exact) mass is 856 g/mol. The molecule has 0 saturated carbocycles. The van der Waals surface area contributed by atoms with Gasteiger partial charge < -0.3 is 22.6 Å². The smallest absolute Gasteiger partial charge is 0.333 e. The van der Waals surface area contributed by atoms with E-state index in [1.54, 1.807) is 0 Å². The van der Waals surface area contributed by atoms with Crippen molar-refractivity contribution in [2.24, 2.45) is 0 Å². The fourth-order valence-electron chi connectivity index (χ4n) is 11.6. The van der Waals surface area contributed by atoms with Gasteiger partial charge in [0.2, 0.25) is 0 Å². The first kappa shape index (κ1) is 38.1. The molecule has 0 saturated heterocycles. The molecule has 0 aliphatic carbocycles. The van der Waals surface area contributed by atoms with Crippen LogP contribution >= 0.6 is 0 Å². The van der Waals surface area contributed by atoms with Gasteiger partial charge in [-0.1, -0.05) is 129 Å². The topological polar surface area (TPSA) is 47.6 Å². The van der Waals surface area contributed by atoms with Crippen LogP contribution in [-0.4, -0.2) is 11.4 Å². The number of furan rings is 3. The van der Waals surface area contributed by atoms with Crippen molar-refractivity contribution >= 4 is 117 Å². The first-order valence-corrected chi connectivity index (χ1v) is 23.4. The molecule has 6 heteroatoms. The molecule has 14 rings (SSSR count). The van der Waals surface area contributed by atoms with Gasteiger partial charge >= 0.3 is 6.85 Å². The van der Waals surface area contributed by atoms with Crippen molar-refractivity contribution in [3.8, 4) is 16.8 Å². The molecule has 66 heavy (non-hydrogen) atoms. The third-order valence-electron chi connectivity index (χ3n) is 15.0. The number of rotatable bonds is 1. The van der Waals surface area contributed by atoms with Crippen molar-refractivity contribution in [1.29, 1.82) is 0 Å². The number of aromatic nitrogens is 1. The van der Waals surface area contributed by atoms with Crippen molar-refractivity contribution in [1.82, 2.24) is 4.57 Å². The highest BCUT2D eigenvalue weighted by Crippen LogP contribution is 2.53. The Balaban J connectivity index is 1.23. The van der Waals surface area contributed by atoms with Crippen molar-refractivity contribution in [3.05, 3.63) is 150 Å².